The van der Waals surface area contributed by atoms with E-state index >= 15 is 0 Å². The molecule has 1 amide bonds. The standard InChI is InChI=1S/C11H14Cl2N2OS.ClH/c1-6-4-7(2-3-14-6)15-11(16)8-5-9(12)17-10(8)13;/h5-7,14H,2-4H2,1H3,(H,15,16);1H. The third-order valence-electron chi connectivity index (χ3n) is 2.86. The van der Waals surface area contributed by atoms with Gasteiger partial charge in [-0.15, -0.1) is 23.7 Å². The van der Waals surface area contributed by atoms with Gasteiger partial charge in [0.1, 0.15) is 4.34 Å². The fraction of sp³-hybridized carbons (Fsp3) is 0.545. The number of amides is 1. The molecule has 1 saturated heterocycles. The van der Waals surface area contributed by atoms with E-state index in [2.05, 4.69) is 17.6 Å². The van der Waals surface area contributed by atoms with Crippen LogP contribution in [0.4, 0.5) is 0 Å². The number of carbonyl (C=O) groups excluding carboxylic acids is 1. The lowest BCUT2D eigenvalue weighted by atomic mass is 10.0. The second kappa shape index (κ2) is 6.96. The predicted molar refractivity (Wildman–Crippen MR) is 79.5 cm³/mol. The van der Waals surface area contributed by atoms with Gasteiger partial charge in [0, 0.05) is 12.1 Å². The molecule has 2 N–H and O–H groups in total. The summed E-state index contributed by atoms with van der Waals surface area (Å²) in [7, 11) is 0. The van der Waals surface area contributed by atoms with E-state index in [0.29, 0.717) is 20.3 Å². The molecular formula is C11H15Cl3N2OS. The summed E-state index contributed by atoms with van der Waals surface area (Å²) >= 11 is 13.0. The average molecular weight is 330 g/mol. The number of hydrogen-bond donors (Lipinski definition) is 2. The lowest BCUT2D eigenvalue weighted by Crippen LogP contribution is -2.46. The van der Waals surface area contributed by atoms with E-state index in [1.807, 2.05) is 0 Å². The van der Waals surface area contributed by atoms with Crippen molar-refractivity contribution in [2.24, 2.45) is 0 Å². The first-order valence-electron chi connectivity index (χ1n) is 5.55. The van der Waals surface area contributed by atoms with E-state index in [1.165, 1.54) is 11.3 Å². The minimum atomic E-state index is -0.128. The molecule has 0 radical (unpaired) electrons. The number of nitrogens with one attached hydrogen (secondary N) is 2. The monoisotopic (exact) mass is 328 g/mol. The van der Waals surface area contributed by atoms with Gasteiger partial charge in [0.2, 0.25) is 0 Å². The zero-order chi connectivity index (χ0) is 12.4. The Morgan fingerprint density at radius 3 is 2.83 bits per heavy atom. The van der Waals surface area contributed by atoms with Crippen molar-refractivity contribution in [3.05, 3.63) is 20.3 Å². The van der Waals surface area contributed by atoms with Crippen LogP contribution in [-0.4, -0.2) is 24.5 Å². The summed E-state index contributed by atoms with van der Waals surface area (Å²) in [5.41, 5.74) is 0.479. The molecule has 1 aliphatic rings. The van der Waals surface area contributed by atoms with Gasteiger partial charge in [0.15, 0.2) is 0 Å². The number of carbonyl (C=O) groups is 1. The molecule has 2 heterocycles. The van der Waals surface area contributed by atoms with Crippen molar-refractivity contribution in [3.63, 3.8) is 0 Å². The second-order valence-corrected chi connectivity index (χ2v) is 6.57. The van der Waals surface area contributed by atoms with Crippen LogP contribution in [0, 0.1) is 0 Å². The van der Waals surface area contributed by atoms with Gasteiger partial charge in [-0.05, 0) is 32.4 Å². The lowest BCUT2D eigenvalue weighted by molar-refractivity contribution is 0.0926. The highest BCUT2D eigenvalue weighted by Gasteiger charge is 2.22. The first-order chi connectivity index (χ1) is 8.06. The van der Waals surface area contributed by atoms with Crippen molar-refractivity contribution in [3.8, 4) is 0 Å². The Bertz CT molecular complexity index is 424. The molecule has 0 spiro atoms. The summed E-state index contributed by atoms with van der Waals surface area (Å²) in [6.45, 7) is 3.05. The molecule has 7 heteroatoms. The Hall–Kier alpha value is -0.000000000000000167. The van der Waals surface area contributed by atoms with Crippen LogP contribution >= 0.6 is 46.9 Å². The van der Waals surface area contributed by atoms with Crippen LogP contribution in [0.5, 0.6) is 0 Å². The summed E-state index contributed by atoms with van der Waals surface area (Å²) in [6, 6.07) is 2.28. The fourth-order valence-electron chi connectivity index (χ4n) is 2.02. The Morgan fingerprint density at radius 1 is 1.56 bits per heavy atom. The van der Waals surface area contributed by atoms with Crippen LogP contribution in [0.2, 0.25) is 8.67 Å². The molecule has 0 saturated carbocycles. The minimum absolute atomic E-state index is 0. The first-order valence-corrected chi connectivity index (χ1v) is 7.12. The molecule has 18 heavy (non-hydrogen) atoms. The molecule has 1 aromatic rings. The molecule has 0 aliphatic carbocycles. The highest BCUT2D eigenvalue weighted by atomic mass is 35.5. The van der Waals surface area contributed by atoms with E-state index in [4.69, 9.17) is 23.2 Å². The van der Waals surface area contributed by atoms with Crippen molar-refractivity contribution >= 4 is 52.9 Å². The molecule has 1 fully saturated rings. The van der Waals surface area contributed by atoms with Gasteiger partial charge in [-0.1, -0.05) is 23.2 Å². The number of piperidine rings is 1. The van der Waals surface area contributed by atoms with Gasteiger partial charge in [0.25, 0.3) is 5.91 Å². The first kappa shape index (κ1) is 16.1. The highest BCUT2D eigenvalue weighted by molar-refractivity contribution is 7.20. The van der Waals surface area contributed by atoms with E-state index in [9.17, 15) is 4.79 Å². The summed E-state index contributed by atoms with van der Waals surface area (Å²) < 4.78 is 0.994. The second-order valence-electron chi connectivity index (χ2n) is 4.29. The van der Waals surface area contributed by atoms with Crippen molar-refractivity contribution in [1.82, 2.24) is 10.6 Å². The van der Waals surface area contributed by atoms with Crippen molar-refractivity contribution in [2.75, 3.05) is 6.54 Å². The van der Waals surface area contributed by atoms with E-state index in [1.54, 1.807) is 6.07 Å². The van der Waals surface area contributed by atoms with E-state index < -0.39 is 0 Å². The largest absolute Gasteiger partial charge is 0.349 e. The number of halogens is 3. The molecule has 1 aromatic heterocycles. The van der Waals surface area contributed by atoms with Crippen LogP contribution in [0.3, 0.4) is 0 Å². The van der Waals surface area contributed by atoms with Crippen LogP contribution in [0.15, 0.2) is 6.07 Å². The molecule has 2 rings (SSSR count). The maximum Gasteiger partial charge on any atom is 0.253 e. The predicted octanol–water partition coefficient (Wildman–Crippen LogP) is 3.35. The van der Waals surface area contributed by atoms with Crippen LogP contribution in [0.1, 0.15) is 30.1 Å². The smallest absolute Gasteiger partial charge is 0.253 e. The summed E-state index contributed by atoms with van der Waals surface area (Å²) in [5, 5.41) is 6.35. The molecular weight excluding hydrogens is 315 g/mol. The number of hydrogen-bond acceptors (Lipinski definition) is 3. The van der Waals surface area contributed by atoms with Crippen molar-refractivity contribution in [2.45, 2.75) is 31.8 Å². The molecule has 0 aromatic carbocycles. The number of rotatable bonds is 2. The SMILES string of the molecule is CC1CC(NC(=O)c2cc(Cl)sc2Cl)CCN1.Cl. The maximum absolute atomic E-state index is 12.0. The van der Waals surface area contributed by atoms with Gasteiger partial charge < -0.3 is 10.6 Å². The summed E-state index contributed by atoms with van der Waals surface area (Å²) in [5.74, 6) is -0.128. The Balaban J connectivity index is 0.00000162. The third-order valence-corrected chi connectivity index (χ3v) is 4.35. The maximum atomic E-state index is 12.0. The quantitative estimate of drug-likeness (QED) is 0.873. The van der Waals surface area contributed by atoms with Gasteiger partial charge in [0.05, 0.1) is 9.90 Å². The third kappa shape index (κ3) is 4.00. The zero-order valence-corrected chi connectivity index (χ0v) is 13.0. The van der Waals surface area contributed by atoms with Gasteiger partial charge in [-0.3, -0.25) is 4.79 Å². The minimum Gasteiger partial charge on any atom is -0.349 e. The molecule has 3 nitrogen and oxygen atoms in total. The fourth-order valence-corrected chi connectivity index (χ4v) is 3.48. The molecule has 2 atom stereocenters. The van der Waals surface area contributed by atoms with E-state index in [0.717, 1.165) is 19.4 Å². The number of thiophene rings is 1. The average Bonchev–Trinajstić information content (AvgIpc) is 2.58. The Kier molecular flexibility index (Phi) is 6.21. The molecule has 1 aliphatic heterocycles. The van der Waals surface area contributed by atoms with Gasteiger partial charge >= 0.3 is 0 Å². The van der Waals surface area contributed by atoms with Gasteiger partial charge in [-0.25, -0.2) is 0 Å². The summed E-state index contributed by atoms with van der Waals surface area (Å²) in [4.78, 5) is 12.0. The Labute approximate surface area is 127 Å². The van der Waals surface area contributed by atoms with Crippen LogP contribution in [-0.2, 0) is 0 Å². The molecule has 2 unspecified atom stereocenters. The van der Waals surface area contributed by atoms with Gasteiger partial charge in [-0.2, -0.15) is 0 Å². The lowest BCUT2D eigenvalue weighted by Gasteiger charge is -2.28. The van der Waals surface area contributed by atoms with Crippen molar-refractivity contribution in [1.29, 1.82) is 0 Å². The topological polar surface area (TPSA) is 41.1 Å². The molecule has 102 valence electrons. The zero-order valence-electron chi connectivity index (χ0n) is 9.83. The molecule has 0 bridgehead atoms. The van der Waals surface area contributed by atoms with Crippen LogP contribution in [0.25, 0.3) is 0 Å². The normalized spacial score (nSPS) is 23.3. The van der Waals surface area contributed by atoms with Crippen molar-refractivity contribution < 1.29 is 4.79 Å². The van der Waals surface area contributed by atoms with E-state index in [-0.39, 0.29) is 24.4 Å². The van der Waals surface area contributed by atoms with Crippen LogP contribution < -0.4 is 10.6 Å². The summed E-state index contributed by atoms with van der Waals surface area (Å²) in [6.07, 6.45) is 1.90. The Morgan fingerprint density at radius 2 is 2.28 bits per heavy atom. The highest BCUT2D eigenvalue weighted by Crippen LogP contribution is 2.31.